The van der Waals surface area contributed by atoms with Crippen LogP contribution in [0.3, 0.4) is 0 Å². The molecule has 2 rings (SSSR count). The Bertz CT molecular complexity index is 584. The average Bonchev–Trinajstić information content (AvgIpc) is 2.81. The molecule has 0 aromatic carbocycles. The van der Waals surface area contributed by atoms with Gasteiger partial charge in [0.15, 0.2) is 0 Å². The van der Waals surface area contributed by atoms with Gasteiger partial charge in [-0.3, -0.25) is 0 Å². The summed E-state index contributed by atoms with van der Waals surface area (Å²) in [5, 5.41) is 17.0. The van der Waals surface area contributed by atoms with Crippen LogP contribution in [0.2, 0.25) is 0 Å². The van der Waals surface area contributed by atoms with Crippen molar-refractivity contribution in [2.45, 2.75) is 25.0 Å². The van der Waals surface area contributed by atoms with E-state index in [1.165, 1.54) is 16.4 Å². The number of thioether (sulfide) groups is 1. The Balaban J connectivity index is 2.20. The van der Waals surface area contributed by atoms with E-state index in [2.05, 4.69) is 26.2 Å². The molecule has 0 radical (unpaired) electrons. The van der Waals surface area contributed by atoms with Crippen LogP contribution in [0.4, 0.5) is 4.79 Å². The predicted molar refractivity (Wildman–Crippen MR) is 74.3 cm³/mol. The summed E-state index contributed by atoms with van der Waals surface area (Å²) in [7, 11) is 1.71. The van der Waals surface area contributed by atoms with Crippen LogP contribution in [0.15, 0.2) is 16.4 Å². The lowest BCUT2D eigenvalue weighted by Gasteiger charge is -2.26. The standard InChI is InChI=1S/C11H16N6O3S/c1-4-20-9(18)8-6(2)12-10(19)13-7(8)5-21-11-14-15-16-17(11)3/h6H,4-5H2,1-3H3,(H2,12,13,19)/t6-/m1/s1. The first-order valence-corrected chi connectivity index (χ1v) is 7.34. The number of hydrogen-bond donors (Lipinski definition) is 2. The Morgan fingerprint density at radius 3 is 2.90 bits per heavy atom. The number of nitrogens with zero attached hydrogens (tertiary/aromatic N) is 4. The van der Waals surface area contributed by atoms with Crippen LogP contribution in [0.5, 0.6) is 0 Å². The van der Waals surface area contributed by atoms with Gasteiger partial charge in [0.1, 0.15) is 0 Å². The molecule has 2 amide bonds. The Morgan fingerprint density at radius 2 is 2.29 bits per heavy atom. The number of tetrazole rings is 1. The highest BCUT2D eigenvalue weighted by atomic mass is 32.2. The topological polar surface area (TPSA) is 111 Å². The Hall–Kier alpha value is -2.10. The van der Waals surface area contributed by atoms with Crippen LogP contribution in [0.25, 0.3) is 0 Å². The molecule has 0 saturated heterocycles. The third-order valence-corrected chi connectivity index (χ3v) is 3.83. The van der Waals surface area contributed by atoms with Gasteiger partial charge in [-0.25, -0.2) is 14.3 Å². The number of aryl methyl sites for hydroxylation is 1. The van der Waals surface area contributed by atoms with E-state index in [9.17, 15) is 9.59 Å². The van der Waals surface area contributed by atoms with Gasteiger partial charge in [-0.15, -0.1) is 5.10 Å². The van der Waals surface area contributed by atoms with E-state index in [0.29, 0.717) is 22.2 Å². The van der Waals surface area contributed by atoms with Crippen molar-refractivity contribution in [1.29, 1.82) is 0 Å². The highest BCUT2D eigenvalue weighted by molar-refractivity contribution is 7.99. The second-order valence-electron chi connectivity index (χ2n) is 4.31. The van der Waals surface area contributed by atoms with Crippen molar-refractivity contribution in [3.05, 3.63) is 11.3 Å². The highest BCUT2D eigenvalue weighted by Gasteiger charge is 2.29. The molecule has 9 nitrogen and oxygen atoms in total. The molecule has 1 aromatic heterocycles. The molecule has 1 aromatic rings. The van der Waals surface area contributed by atoms with Crippen molar-refractivity contribution in [2.75, 3.05) is 12.4 Å². The van der Waals surface area contributed by atoms with E-state index in [1.54, 1.807) is 20.9 Å². The summed E-state index contributed by atoms with van der Waals surface area (Å²) in [6.45, 7) is 3.74. The third-order valence-electron chi connectivity index (χ3n) is 2.79. The van der Waals surface area contributed by atoms with Gasteiger partial charge in [0.25, 0.3) is 0 Å². The summed E-state index contributed by atoms with van der Waals surface area (Å²) in [6.07, 6.45) is 0. The van der Waals surface area contributed by atoms with E-state index >= 15 is 0 Å². The largest absolute Gasteiger partial charge is 0.463 e. The first kappa shape index (κ1) is 15.3. The maximum absolute atomic E-state index is 12.0. The number of amides is 2. The molecule has 0 fully saturated rings. The quantitative estimate of drug-likeness (QED) is 0.573. The number of urea groups is 1. The molecule has 0 saturated carbocycles. The van der Waals surface area contributed by atoms with E-state index in [-0.39, 0.29) is 12.6 Å². The van der Waals surface area contributed by atoms with Crippen LogP contribution in [-0.4, -0.2) is 50.6 Å². The molecule has 2 N–H and O–H groups in total. The third kappa shape index (κ3) is 3.51. The summed E-state index contributed by atoms with van der Waals surface area (Å²) in [6, 6.07) is -0.756. The van der Waals surface area contributed by atoms with Crippen LogP contribution in [0, 0.1) is 0 Å². The van der Waals surface area contributed by atoms with Gasteiger partial charge in [0.2, 0.25) is 5.16 Å². The number of esters is 1. The molecule has 1 atom stereocenters. The van der Waals surface area contributed by atoms with Crippen LogP contribution < -0.4 is 10.6 Å². The van der Waals surface area contributed by atoms with E-state index < -0.39 is 12.0 Å². The number of carbonyl (C=O) groups excluding carboxylic acids is 2. The number of aromatic nitrogens is 4. The fraction of sp³-hybridized carbons (Fsp3) is 0.545. The van der Waals surface area contributed by atoms with Gasteiger partial charge in [-0.2, -0.15) is 0 Å². The lowest BCUT2D eigenvalue weighted by atomic mass is 10.1. The predicted octanol–water partition coefficient (Wildman–Crippen LogP) is -0.179. The molecular formula is C11H16N6O3S. The fourth-order valence-electron chi connectivity index (χ4n) is 1.87. The second-order valence-corrected chi connectivity index (χ2v) is 5.25. The molecule has 0 spiro atoms. The van der Waals surface area contributed by atoms with Crippen molar-refractivity contribution < 1.29 is 14.3 Å². The van der Waals surface area contributed by atoms with E-state index in [0.717, 1.165) is 0 Å². The highest BCUT2D eigenvalue weighted by Crippen LogP contribution is 2.21. The number of ether oxygens (including phenoxy) is 1. The van der Waals surface area contributed by atoms with Gasteiger partial charge in [0, 0.05) is 18.5 Å². The Morgan fingerprint density at radius 1 is 1.52 bits per heavy atom. The number of carbonyl (C=O) groups is 2. The summed E-state index contributed by atoms with van der Waals surface area (Å²) < 4.78 is 6.55. The molecule has 0 aliphatic carbocycles. The van der Waals surface area contributed by atoms with Crippen molar-refractivity contribution in [3.8, 4) is 0 Å². The average molecular weight is 312 g/mol. The maximum atomic E-state index is 12.0. The normalized spacial score (nSPS) is 18.2. The monoisotopic (exact) mass is 312 g/mol. The maximum Gasteiger partial charge on any atom is 0.337 e. The molecule has 114 valence electrons. The lowest BCUT2D eigenvalue weighted by molar-refractivity contribution is -0.138. The van der Waals surface area contributed by atoms with Gasteiger partial charge in [-0.05, 0) is 24.3 Å². The smallest absolute Gasteiger partial charge is 0.337 e. The molecule has 2 heterocycles. The zero-order valence-corrected chi connectivity index (χ0v) is 12.7. The van der Waals surface area contributed by atoms with Gasteiger partial charge in [0.05, 0.1) is 18.2 Å². The zero-order valence-electron chi connectivity index (χ0n) is 11.9. The molecule has 21 heavy (non-hydrogen) atoms. The van der Waals surface area contributed by atoms with Gasteiger partial charge in [-0.1, -0.05) is 11.8 Å². The minimum atomic E-state index is -0.441. The van der Waals surface area contributed by atoms with Crippen LogP contribution in [0.1, 0.15) is 13.8 Å². The first-order valence-electron chi connectivity index (χ1n) is 6.35. The number of hydrogen-bond acceptors (Lipinski definition) is 7. The SMILES string of the molecule is CCOC(=O)C1=C(CSc2nnnn2C)NC(=O)N[C@@H]1C. The van der Waals surface area contributed by atoms with Gasteiger partial charge >= 0.3 is 12.0 Å². The molecule has 1 aliphatic heterocycles. The van der Waals surface area contributed by atoms with Crippen molar-refractivity contribution in [1.82, 2.24) is 30.8 Å². The van der Waals surface area contributed by atoms with Gasteiger partial charge < -0.3 is 15.4 Å². The summed E-state index contributed by atoms with van der Waals surface area (Å²) in [4.78, 5) is 23.6. The fourth-order valence-corrected chi connectivity index (χ4v) is 2.69. The summed E-state index contributed by atoms with van der Waals surface area (Å²) in [5.41, 5.74) is 0.928. The summed E-state index contributed by atoms with van der Waals surface area (Å²) >= 11 is 1.32. The lowest BCUT2D eigenvalue weighted by Crippen LogP contribution is -2.49. The van der Waals surface area contributed by atoms with Crippen LogP contribution >= 0.6 is 11.8 Å². The second kappa shape index (κ2) is 6.57. The first-order chi connectivity index (χ1) is 10.0. The number of rotatable bonds is 5. The van der Waals surface area contributed by atoms with E-state index in [1.807, 2.05) is 0 Å². The van der Waals surface area contributed by atoms with E-state index in [4.69, 9.17) is 4.74 Å². The zero-order chi connectivity index (χ0) is 15.4. The molecule has 10 heteroatoms. The Kier molecular flexibility index (Phi) is 4.78. The number of nitrogens with one attached hydrogen (secondary N) is 2. The molecule has 0 unspecified atom stereocenters. The minimum absolute atomic E-state index is 0.274. The molecule has 0 bridgehead atoms. The van der Waals surface area contributed by atoms with Crippen LogP contribution in [-0.2, 0) is 16.6 Å². The van der Waals surface area contributed by atoms with Crippen molar-refractivity contribution in [2.24, 2.45) is 7.05 Å². The Labute approximate surface area is 125 Å². The minimum Gasteiger partial charge on any atom is -0.463 e. The molecular weight excluding hydrogens is 296 g/mol. The summed E-state index contributed by atoms with van der Waals surface area (Å²) in [5.74, 6) is -0.0793. The molecule has 1 aliphatic rings. The van der Waals surface area contributed by atoms with Crippen molar-refractivity contribution >= 4 is 23.8 Å². The van der Waals surface area contributed by atoms with Crippen molar-refractivity contribution in [3.63, 3.8) is 0 Å².